The summed E-state index contributed by atoms with van der Waals surface area (Å²) >= 11 is 0. The number of carbonyl (C=O) groups excluding carboxylic acids is 1. The Labute approximate surface area is 253 Å². The number of aryl methyl sites for hydroxylation is 1. The van der Waals surface area contributed by atoms with Crippen LogP contribution in [0.2, 0.25) is 0 Å². The van der Waals surface area contributed by atoms with E-state index in [1.54, 1.807) is 6.92 Å². The summed E-state index contributed by atoms with van der Waals surface area (Å²) in [5.74, 6) is -3.83. The Morgan fingerprint density at radius 3 is 2.11 bits per heavy atom. The van der Waals surface area contributed by atoms with E-state index in [-0.39, 0.29) is 73.1 Å². The Bertz CT molecular complexity index is 1590. The van der Waals surface area contributed by atoms with Crippen LogP contribution in [0.3, 0.4) is 0 Å². The number of likely N-dealkylation sites (tertiary alicyclic amines) is 1. The average Bonchev–Trinajstić information content (AvgIpc) is 3.37. The zero-order chi connectivity index (χ0) is 33.3. The van der Waals surface area contributed by atoms with E-state index in [0.717, 1.165) is 30.3 Å². The lowest BCUT2D eigenvalue weighted by atomic mass is 9.73. The molecule has 0 spiro atoms. The number of halogens is 8. The van der Waals surface area contributed by atoms with Crippen LogP contribution in [0, 0.1) is 23.6 Å². The van der Waals surface area contributed by atoms with Crippen molar-refractivity contribution in [3.8, 4) is 0 Å². The highest BCUT2D eigenvalue weighted by molar-refractivity contribution is 7.92. The van der Waals surface area contributed by atoms with Gasteiger partial charge in [0.05, 0.1) is 16.9 Å². The van der Waals surface area contributed by atoms with E-state index in [1.165, 1.54) is 4.90 Å². The summed E-state index contributed by atoms with van der Waals surface area (Å²) in [6, 6.07) is 4.07. The van der Waals surface area contributed by atoms with Crippen LogP contribution >= 0.6 is 0 Å². The maximum absolute atomic E-state index is 15.0. The second kappa shape index (κ2) is 10.9. The van der Waals surface area contributed by atoms with Gasteiger partial charge < -0.3 is 10.0 Å². The van der Waals surface area contributed by atoms with Gasteiger partial charge in [-0.05, 0) is 79.8 Å². The molecule has 2 aliphatic carbocycles. The molecule has 2 fully saturated rings. The van der Waals surface area contributed by atoms with Gasteiger partial charge in [-0.15, -0.1) is 0 Å². The number of carboxylic acids is 1. The number of alkyl halides is 7. The van der Waals surface area contributed by atoms with Gasteiger partial charge in [-0.25, -0.2) is 17.2 Å². The van der Waals surface area contributed by atoms with Gasteiger partial charge >= 0.3 is 24.0 Å². The number of nitrogens with zero attached hydrogens (tertiary/aromatic N) is 1. The highest BCUT2D eigenvalue weighted by atomic mass is 32.2. The summed E-state index contributed by atoms with van der Waals surface area (Å²) in [6.07, 6.45) is -12.8. The van der Waals surface area contributed by atoms with Crippen LogP contribution in [0.25, 0.3) is 0 Å². The van der Waals surface area contributed by atoms with Crippen molar-refractivity contribution in [2.24, 2.45) is 17.8 Å². The number of hydrogen-bond acceptors (Lipinski definition) is 4. The molecule has 0 unspecified atom stereocenters. The molecule has 3 aliphatic rings. The van der Waals surface area contributed by atoms with E-state index in [2.05, 4.69) is 0 Å². The van der Waals surface area contributed by atoms with Crippen molar-refractivity contribution in [2.45, 2.75) is 79.2 Å². The van der Waals surface area contributed by atoms with Crippen molar-refractivity contribution in [2.75, 3.05) is 6.54 Å². The molecule has 0 bridgehead atoms. The first-order chi connectivity index (χ1) is 20.8. The molecule has 1 saturated heterocycles. The summed E-state index contributed by atoms with van der Waals surface area (Å²) in [4.78, 5) is 26.4. The maximum Gasteiger partial charge on any atom is 0.435 e. The second-order valence-corrected chi connectivity index (χ2v) is 14.3. The summed E-state index contributed by atoms with van der Waals surface area (Å²) in [5, 5.41) is 9.41. The van der Waals surface area contributed by atoms with Crippen LogP contribution < -0.4 is 0 Å². The van der Waals surface area contributed by atoms with Crippen LogP contribution in [0.4, 0.5) is 35.1 Å². The molecule has 1 amide bonds. The predicted molar refractivity (Wildman–Crippen MR) is 143 cm³/mol. The molecule has 246 valence electrons. The van der Waals surface area contributed by atoms with Gasteiger partial charge in [0.1, 0.15) is 10.6 Å². The quantitative estimate of drug-likeness (QED) is 0.292. The molecule has 15 heteroatoms. The topological polar surface area (TPSA) is 91.8 Å². The fourth-order valence-electron chi connectivity index (χ4n) is 7.52. The molecule has 2 aromatic carbocycles. The average molecular weight is 668 g/mol. The minimum atomic E-state index is -6.37. The molecule has 1 heterocycles. The van der Waals surface area contributed by atoms with Gasteiger partial charge in [0.15, 0.2) is 9.84 Å². The van der Waals surface area contributed by atoms with E-state index < -0.39 is 73.7 Å². The van der Waals surface area contributed by atoms with Gasteiger partial charge in [-0.1, -0.05) is 25.1 Å². The highest BCUT2D eigenvalue weighted by Gasteiger charge is 2.74. The van der Waals surface area contributed by atoms with E-state index >= 15 is 4.39 Å². The van der Waals surface area contributed by atoms with Crippen molar-refractivity contribution in [3.05, 3.63) is 65.0 Å². The van der Waals surface area contributed by atoms with E-state index in [0.29, 0.717) is 6.07 Å². The van der Waals surface area contributed by atoms with Gasteiger partial charge in [-0.3, -0.25) is 9.59 Å². The fraction of sp³-hybridized carbons (Fsp3) is 0.533. The van der Waals surface area contributed by atoms with Crippen LogP contribution in [-0.2, 0) is 36.3 Å². The summed E-state index contributed by atoms with van der Waals surface area (Å²) in [6.45, 7) is 1.59. The second-order valence-electron chi connectivity index (χ2n) is 12.1. The molecular weight excluding hydrogens is 638 g/mol. The Kier molecular flexibility index (Phi) is 8.06. The standard InChI is InChI=1S/C30H29F8NO5S/c1-16-14-18(26(41)42)2-9-22(16)25(40)39-13-12-27(45(43,44)21-7-5-20(31)6-8-21)23-10-4-19(15-17(23)3-11-24(27)39)28(32,29(33,34)35)30(36,37)38/h4-8,10,15-16,18,22,24H,2-3,9,11-14H2,1H3,(H,41,42)/t16-,18+,22-,24+,27+/m0/s1. The summed E-state index contributed by atoms with van der Waals surface area (Å²) in [7, 11) is -4.60. The smallest absolute Gasteiger partial charge is 0.435 e. The number of sulfone groups is 1. The number of benzene rings is 2. The number of hydrogen-bond donors (Lipinski definition) is 1. The van der Waals surface area contributed by atoms with Crippen LogP contribution in [0.1, 0.15) is 55.7 Å². The zero-order valence-corrected chi connectivity index (χ0v) is 24.6. The molecule has 1 N–H and O–H groups in total. The predicted octanol–water partition coefficient (Wildman–Crippen LogP) is 6.47. The van der Waals surface area contributed by atoms with Crippen LogP contribution in [0.5, 0.6) is 0 Å². The third-order valence-corrected chi connectivity index (χ3v) is 12.3. The van der Waals surface area contributed by atoms with Gasteiger partial charge in [0.25, 0.3) is 0 Å². The Hall–Kier alpha value is -3.23. The fourth-order valence-corrected chi connectivity index (χ4v) is 9.89. The van der Waals surface area contributed by atoms with Crippen molar-refractivity contribution in [1.29, 1.82) is 0 Å². The number of fused-ring (bicyclic) bond motifs is 3. The van der Waals surface area contributed by atoms with E-state index in [4.69, 9.17) is 0 Å². The minimum absolute atomic E-state index is 0.130. The van der Waals surface area contributed by atoms with E-state index in [1.807, 2.05) is 0 Å². The Morgan fingerprint density at radius 1 is 0.933 bits per heavy atom. The number of rotatable bonds is 5. The van der Waals surface area contributed by atoms with Crippen molar-refractivity contribution >= 4 is 21.7 Å². The molecule has 0 radical (unpaired) electrons. The molecule has 5 atom stereocenters. The molecule has 2 aromatic rings. The first kappa shape index (κ1) is 33.1. The number of carboxylic acid groups (broad SMARTS) is 1. The Balaban J connectivity index is 1.63. The lowest BCUT2D eigenvalue weighted by Gasteiger charge is -2.44. The van der Waals surface area contributed by atoms with Crippen LogP contribution in [0.15, 0.2) is 47.4 Å². The normalized spacial score (nSPS) is 27.5. The zero-order valence-electron chi connectivity index (χ0n) is 23.8. The van der Waals surface area contributed by atoms with Gasteiger partial charge in [0, 0.05) is 18.0 Å². The third kappa shape index (κ3) is 4.99. The molecule has 5 rings (SSSR count). The summed E-state index contributed by atoms with van der Waals surface area (Å²) in [5.41, 5.74) is -7.87. The molecule has 1 saturated carbocycles. The number of carbonyl (C=O) groups is 2. The van der Waals surface area contributed by atoms with Crippen molar-refractivity contribution in [1.82, 2.24) is 4.90 Å². The number of amides is 1. The van der Waals surface area contributed by atoms with Crippen molar-refractivity contribution < 1.29 is 58.2 Å². The van der Waals surface area contributed by atoms with Crippen molar-refractivity contribution in [3.63, 3.8) is 0 Å². The molecule has 45 heavy (non-hydrogen) atoms. The Morgan fingerprint density at radius 2 is 1.56 bits per heavy atom. The largest absolute Gasteiger partial charge is 0.481 e. The molecule has 1 aliphatic heterocycles. The monoisotopic (exact) mass is 667 g/mol. The van der Waals surface area contributed by atoms with Gasteiger partial charge in [0.2, 0.25) is 5.91 Å². The minimum Gasteiger partial charge on any atom is -0.481 e. The third-order valence-electron chi connectivity index (χ3n) is 9.79. The van der Waals surface area contributed by atoms with Gasteiger partial charge in [-0.2, -0.15) is 26.3 Å². The SMILES string of the molecule is C[C@H]1C[C@H](C(=O)O)CC[C@@H]1C(=O)N1CC[C@@]2(S(=O)(=O)c3ccc(F)cc3)c3ccc(C(F)(C(F)(F)F)C(F)(F)F)cc3CC[C@@H]12. The van der Waals surface area contributed by atoms with E-state index in [9.17, 15) is 53.8 Å². The lowest BCUT2D eigenvalue weighted by Crippen LogP contribution is -2.54. The number of aliphatic carboxylic acids is 1. The summed E-state index contributed by atoms with van der Waals surface area (Å²) < 4.78 is 137. The maximum atomic E-state index is 15.0. The molecule has 0 aromatic heterocycles. The van der Waals surface area contributed by atoms with Crippen LogP contribution in [-0.4, -0.2) is 55.2 Å². The molecule has 6 nitrogen and oxygen atoms in total. The lowest BCUT2D eigenvalue weighted by molar-refractivity contribution is -0.348. The first-order valence-corrected chi connectivity index (χ1v) is 15.8. The molecular formula is C30H29F8NO5S. The first-order valence-electron chi connectivity index (χ1n) is 14.3. The highest BCUT2D eigenvalue weighted by Crippen LogP contribution is 2.57.